The van der Waals surface area contributed by atoms with Gasteiger partial charge in [0.2, 0.25) is 0 Å². The largest absolute Gasteiger partial charge is 2.00 e. The molecule has 0 aliphatic rings. The summed E-state index contributed by atoms with van der Waals surface area (Å²) in [5.74, 6) is 0. The smallest absolute Gasteiger partial charge is 1.00 e. The SMILES string of the molecule is O=P(O)(O)OP(=O)(O)OP(=O)(O)O.[H-].[H-].[Sr+2]. The Bertz CT molecular complexity index is 286. The molecule has 0 heterocycles. The third-order valence-electron chi connectivity index (χ3n) is 0.419. The van der Waals surface area contributed by atoms with Crippen molar-refractivity contribution in [2.75, 3.05) is 0 Å². The molecule has 0 spiro atoms. The molecule has 0 bridgehead atoms. The first-order valence-corrected chi connectivity index (χ1v) is 6.83. The van der Waals surface area contributed by atoms with E-state index in [2.05, 4.69) is 8.62 Å². The van der Waals surface area contributed by atoms with E-state index in [1.165, 1.54) is 0 Å². The van der Waals surface area contributed by atoms with Crippen molar-refractivity contribution in [2.45, 2.75) is 0 Å². The average Bonchev–Trinajstić information content (AvgIpc) is 1.43. The van der Waals surface area contributed by atoms with E-state index in [0.29, 0.717) is 0 Å². The number of rotatable bonds is 4. The van der Waals surface area contributed by atoms with Crippen LogP contribution >= 0.6 is 23.5 Å². The Hall–Kier alpha value is 1.89. The van der Waals surface area contributed by atoms with E-state index in [4.69, 9.17) is 24.5 Å². The molecule has 0 saturated carbocycles. The van der Waals surface area contributed by atoms with Gasteiger partial charge in [-0.25, -0.2) is 13.7 Å². The molecule has 5 N–H and O–H groups in total. The third-order valence-corrected chi connectivity index (χ3v) is 3.77. The van der Waals surface area contributed by atoms with Crippen LogP contribution in [0.25, 0.3) is 0 Å². The number of hydrogen-bond acceptors (Lipinski definition) is 5. The minimum absolute atomic E-state index is 0. The average molecular weight is 348 g/mol. The Labute approximate surface area is 118 Å². The Morgan fingerprint density at radius 1 is 0.786 bits per heavy atom. The van der Waals surface area contributed by atoms with Crippen LogP contribution in [0.15, 0.2) is 0 Å². The summed E-state index contributed by atoms with van der Waals surface area (Å²) in [5, 5.41) is 0. The normalized spacial score (nSPS) is 13.5. The van der Waals surface area contributed by atoms with E-state index in [9.17, 15) is 13.7 Å². The van der Waals surface area contributed by atoms with Crippen LogP contribution in [0.5, 0.6) is 0 Å². The quantitative estimate of drug-likeness (QED) is 0.318. The van der Waals surface area contributed by atoms with E-state index >= 15 is 0 Å². The van der Waals surface area contributed by atoms with Crippen LogP contribution in [-0.2, 0) is 22.3 Å². The van der Waals surface area contributed by atoms with E-state index < -0.39 is 23.5 Å². The number of phosphoric acid groups is 3. The monoisotopic (exact) mass is 348 g/mol. The Kier molecular flexibility index (Phi) is 7.82. The Morgan fingerprint density at radius 3 is 1.14 bits per heavy atom. The fourth-order valence-electron chi connectivity index (χ4n) is 0.284. The van der Waals surface area contributed by atoms with Crippen molar-refractivity contribution < 1.29 is 49.6 Å². The molecule has 0 fully saturated rings. The molecule has 0 aromatic rings. The van der Waals surface area contributed by atoms with Gasteiger partial charge in [0.25, 0.3) is 0 Å². The molecule has 0 aliphatic carbocycles. The molecule has 84 valence electrons. The first kappa shape index (κ1) is 18.3. The van der Waals surface area contributed by atoms with Crippen molar-refractivity contribution in [3.8, 4) is 0 Å². The summed E-state index contributed by atoms with van der Waals surface area (Å²) in [4.78, 5) is 40.2. The molecular weight excluding hydrogens is 341 g/mol. The minimum atomic E-state index is -5.46. The maximum atomic E-state index is 10.4. The predicted octanol–water partition coefficient (Wildman–Crippen LogP) is -0.850. The van der Waals surface area contributed by atoms with Crippen LogP contribution in [0.3, 0.4) is 0 Å². The summed E-state index contributed by atoms with van der Waals surface area (Å²) in [6, 6.07) is 0. The molecular formula is H7O10P3Sr. The molecule has 0 aromatic carbocycles. The van der Waals surface area contributed by atoms with E-state index in [0.717, 1.165) is 0 Å². The van der Waals surface area contributed by atoms with Crippen molar-refractivity contribution in [1.82, 2.24) is 0 Å². The van der Waals surface area contributed by atoms with E-state index in [1.54, 1.807) is 0 Å². The van der Waals surface area contributed by atoms with Gasteiger partial charge >= 0.3 is 68.9 Å². The van der Waals surface area contributed by atoms with Gasteiger partial charge in [-0.2, -0.15) is 8.62 Å². The fourth-order valence-corrected chi connectivity index (χ4v) is 2.82. The van der Waals surface area contributed by atoms with Crippen molar-refractivity contribution in [2.24, 2.45) is 0 Å². The van der Waals surface area contributed by atoms with Gasteiger partial charge in [0.05, 0.1) is 0 Å². The molecule has 10 nitrogen and oxygen atoms in total. The van der Waals surface area contributed by atoms with Crippen LogP contribution in [0, 0.1) is 0 Å². The molecule has 0 atom stereocenters. The second-order valence-corrected chi connectivity index (χ2v) is 5.82. The van der Waals surface area contributed by atoms with E-state index in [1.807, 2.05) is 0 Å². The van der Waals surface area contributed by atoms with Crippen LogP contribution in [0.1, 0.15) is 2.85 Å². The summed E-state index contributed by atoms with van der Waals surface area (Å²) < 4.78 is 36.4. The summed E-state index contributed by atoms with van der Waals surface area (Å²) in [6.45, 7) is 0. The first-order chi connectivity index (χ1) is 5.41. The van der Waals surface area contributed by atoms with E-state index in [-0.39, 0.29) is 48.3 Å². The Morgan fingerprint density at radius 2 is 1.00 bits per heavy atom. The van der Waals surface area contributed by atoms with Gasteiger partial charge in [-0.15, -0.1) is 0 Å². The molecule has 0 rings (SSSR count). The maximum absolute atomic E-state index is 10.4. The van der Waals surface area contributed by atoms with Crippen molar-refractivity contribution in [1.29, 1.82) is 0 Å². The molecule has 0 amide bonds. The molecule has 14 heavy (non-hydrogen) atoms. The molecule has 0 saturated heterocycles. The van der Waals surface area contributed by atoms with Gasteiger partial charge in [-0.3, -0.25) is 0 Å². The second kappa shape index (κ2) is 6.00. The summed E-state index contributed by atoms with van der Waals surface area (Å²) in [6.07, 6.45) is 0. The van der Waals surface area contributed by atoms with Gasteiger partial charge < -0.3 is 27.3 Å². The predicted molar refractivity (Wildman–Crippen MR) is 44.1 cm³/mol. The van der Waals surface area contributed by atoms with Crippen molar-refractivity contribution in [3.05, 3.63) is 0 Å². The fraction of sp³-hybridized carbons (Fsp3) is 0. The molecule has 0 radical (unpaired) electrons. The maximum Gasteiger partial charge on any atom is 2.00 e. The van der Waals surface area contributed by atoms with Gasteiger partial charge in [-0.05, 0) is 0 Å². The van der Waals surface area contributed by atoms with Gasteiger partial charge in [0, 0.05) is 0 Å². The zero-order chi connectivity index (χ0) is 10.9. The topological polar surface area (TPSA) is 171 Å². The summed E-state index contributed by atoms with van der Waals surface area (Å²) >= 11 is 0. The van der Waals surface area contributed by atoms with Crippen LogP contribution in [0.4, 0.5) is 0 Å². The first-order valence-electron chi connectivity index (χ1n) is 2.28. The second-order valence-electron chi connectivity index (χ2n) is 1.61. The number of hydrogen-bond donors (Lipinski definition) is 5. The van der Waals surface area contributed by atoms with Gasteiger partial charge in [-0.1, -0.05) is 0 Å². The zero-order valence-electron chi connectivity index (χ0n) is 8.33. The summed E-state index contributed by atoms with van der Waals surface area (Å²) in [7, 11) is -16.2. The molecule has 0 unspecified atom stereocenters. The minimum Gasteiger partial charge on any atom is -1.00 e. The molecule has 0 aromatic heterocycles. The van der Waals surface area contributed by atoms with Gasteiger partial charge in [0.15, 0.2) is 0 Å². The molecule has 0 aliphatic heterocycles. The van der Waals surface area contributed by atoms with Gasteiger partial charge in [0.1, 0.15) is 0 Å². The standard InChI is InChI=1S/H5O10P3.Sr.2H/c1-11(2,3)9-13(7,8)10-12(4,5)6;;;/h(H,7,8)(H2,1,2,3)(H2,4,5,6);;;/q;+2;2*-1. The Balaban J connectivity index is -0.000000240. The van der Waals surface area contributed by atoms with Crippen LogP contribution < -0.4 is 0 Å². The van der Waals surface area contributed by atoms with Crippen LogP contribution in [0.2, 0.25) is 0 Å². The molecule has 14 heteroatoms. The summed E-state index contributed by atoms with van der Waals surface area (Å²) in [5.41, 5.74) is 0. The van der Waals surface area contributed by atoms with Crippen molar-refractivity contribution >= 4 is 68.9 Å². The van der Waals surface area contributed by atoms with Crippen LogP contribution in [-0.4, -0.2) is 69.9 Å². The third kappa shape index (κ3) is 12.0. The zero-order valence-corrected chi connectivity index (χ0v) is 12.5. The van der Waals surface area contributed by atoms with Crippen molar-refractivity contribution in [3.63, 3.8) is 0 Å².